The minimum atomic E-state index is -4.05. The van der Waals surface area contributed by atoms with E-state index in [-0.39, 0.29) is 22.8 Å². The standard InChI is InChI=1S/C8H16N2O3S.Cu.2O.V/c1-9-5-6-10(8-9)4-2-3-7-14(11,12)13;;;;/h5-6H,2-4,7-8H2,1H3,(H,11,12,13);;;;/q;;;;+1/p-1. The molecule has 18 heavy (non-hydrogen) atoms. The van der Waals surface area contributed by atoms with Crippen molar-refractivity contribution in [2.24, 2.45) is 0 Å². The van der Waals surface area contributed by atoms with Crippen LogP contribution in [0.4, 0.5) is 0 Å². The molecule has 0 atom stereocenters. The van der Waals surface area contributed by atoms with Crippen LogP contribution in [-0.4, -0.2) is 44.2 Å². The molecular weight excluding hydrogens is 351 g/mol. The fraction of sp³-hybridized carbons (Fsp3) is 0.750. The van der Waals surface area contributed by atoms with Crippen molar-refractivity contribution in [3.05, 3.63) is 12.4 Å². The Morgan fingerprint density at radius 3 is 2.44 bits per heavy atom. The van der Waals surface area contributed by atoms with Crippen LogP contribution in [0.3, 0.4) is 0 Å². The third-order valence-corrected chi connectivity index (χ3v) is 4.97. The Bertz CT molecular complexity index is 442. The van der Waals surface area contributed by atoms with Crippen LogP contribution in [0, 0.1) is 0 Å². The maximum atomic E-state index is 11.1. The van der Waals surface area contributed by atoms with Crippen molar-refractivity contribution < 1.29 is 51.3 Å². The Morgan fingerprint density at radius 1 is 1.28 bits per heavy atom. The van der Waals surface area contributed by atoms with Gasteiger partial charge in [0.15, 0.2) is 0 Å². The topological polar surface area (TPSA) is 84.0 Å². The van der Waals surface area contributed by atoms with Gasteiger partial charge in [-0.3, -0.25) is 0 Å². The van der Waals surface area contributed by atoms with E-state index in [9.17, 15) is 15.8 Å². The average Bonchev–Trinajstić information content (AvgIpc) is 2.57. The van der Waals surface area contributed by atoms with E-state index in [2.05, 4.69) is 3.11 Å². The second-order valence-electron chi connectivity index (χ2n) is 3.78. The largest absolute Gasteiger partial charge is 0 e. The second-order valence-corrected chi connectivity index (χ2v) is 6.85. The molecule has 1 radical (unpaired) electrons. The van der Waals surface area contributed by atoms with Crippen molar-refractivity contribution in [1.29, 1.82) is 0 Å². The van der Waals surface area contributed by atoms with Crippen molar-refractivity contribution in [1.82, 2.24) is 9.80 Å². The van der Waals surface area contributed by atoms with Gasteiger partial charge < -0.3 is 0 Å². The SMILES string of the molecule is CN1C=CN(CCCCS(=O)(=O)[O][V](=[O])=[O])C1.[Cu]. The summed E-state index contributed by atoms with van der Waals surface area (Å²) in [5.41, 5.74) is 0. The summed E-state index contributed by atoms with van der Waals surface area (Å²) in [5.74, 6) is -0.254. The fourth-order valence-electron chi connectivity index (χ4n) is 1.46. The first-order valence-electron chi connectivity index (χ1n) is 5.08. The minimum absolute atomic E-state index is 0. The quantitative estimate of drug-likeness (QED) is 0.464. The van der Waals surface area contributed by atoms with Crippen LogP contribution in [0.5, 0.6) is 0 Å². The molecule has 0 fully saturated rings. The molecule has 1 rings (SSSR count). The van der Waals surface area contributed by atoms with Crippen molar-refractivity contribution in [2.45, 2.75) is 12.8 Å². The molecule has 0 bridgehead atoms. The molecule has 0 N–H and O–H groups in total. The summed E-state index contributed by atoms with van der Waals surface area (Å²) in [4.78, 5) is 4.05. The van der Waals surface area contributed by atoms with E-state index >= 15 is 0 Å². The molecule has 1 aliphatic heterocycles. The number of hydrogen-bond donors (Lipinski definition) is 0. The van der Waals surface area contributed by atoms with Gasteiger partial charge in [-0.25, -0.2) is 0 Å². The summed E-state index contributed by atoms with van der Waals surface area (Å²) in [5, 5.41) is 0. The first-order valence-corrected chi connectivity index (χ1v) is 8.37. The van der Waals surface area contributed by atoms with Gasteiger partial charge in [0, 0.05) is 17.1 Å². The number of unbranched alkanes of at least 4 members (excludes halogenated alkanes) is 1. The molecule has 7 nitrogen and oxygen atoms in total. The molecule has 0 saturated heterocycles. The van der Waals surface area contributed by atoms with Gasteiger partial charge in [0.25, 0.3) is 0 Å². The molecule has 0 saturated carbocycles. The van der Waals surface area contributed by atoms with Gasteiger partial charge in [0.2, 0.25) is 0 Å². The molecule has 0 aromatic carbocycles. The summed E-state index contributed by atoms with van der Waals surface area (Å²) in [6, 6.07) is 0. The first-order chi connectivity index (χ1) is 7.89. The zero-order valence-electron chi connectivity index (χ0n) is 9.78. The van der Waals surface area contributed by atoms with E-state index in [4.69, 9.17) is 0 Å². The third-order valence-electron chi connectivity index (χ3n) is 2.20. The molecule has 0 spiro atoms. The van der Waals surface area contributed by atoms with E-state index in [1.165, 1.54) is 0 Å². The molecule has 10 heteroatoms. The van der Waals surface area contributed by atoms with E-state index in [0.717, 1.165) is 13.2 Å². The molecule has 0 aromatic rings. The first kappa shape index (κ1) is 18.0. The van der Waals surface area contributed by atoms with Crippen LogP contribution < -0.4 is 0 Å². The van der Waals surface area contributed by atoms with Gasteiger partial charge in [-0.15, -0.1) is 0 Å². The van der Waals surface area contributed by atoms with E-state index < -0.39 is 25.5 Å². The van der Waals surface area contributed by atoms with Gasteiger partial charge in [0.05, 0.1) is 0 Å². The minimum Gasteiger partial charge on any atom is 0 e. The third kappa shape index (κ3) is 7.40. The molecule has 0 unspecified atom stereocenters. The maximum Gasteiger partial charge on any atom is 0 e. The van der Waals surface area contributed by atoms with Crippen molar-refractivity contribution in [3.63, 3.8) is 0 Å². The number of hydrogen-bond acceptors (Lipinski definition) is 7. The van der Waals surface area contributed by atoms with Crippen LogP contribution in [-0.2, 0) is 53.0 Å². The monoisotopic (exact) mass is 365 g/mol. The number of nitrogens with zero attached hydrogens (tertiary/aromatic N) is 2. The van der Waals surface area contributed by atoms with Crippen molar-refractivity contribution >= 4 is 10.1 Å². The predicted molar refractivity (Wildman–Crippen MR) is 54.0 cm³/mol. The zero-order chi connectivity index (χ0) is 12.9. The molecule has 109 valence electrons. The Kier molecular flexibility index (Phi) is 8.17. The van der Waals surface area contributed by atoms with Crippen molar-refractivity contribution in [2.75, 3.05) is 26.0 Å². The van der Waals surface area contributed by atoms with Gasteiger partial charge in [-0.1, -0.05) is 0 Å². The Balaban J connectivity index is 0.00000289. The maximum absolute atomic E-state index is 11.1. The summed E-state index contributed by atoms with van der Waals surface area (Å²) in [6.45, 7) is 1.53. The molecule has 1 aliphatic rings. The van der Waals surface area contributed by atoms with Gasteiger partial charge in [-0.2, -0.15) is 0 Å². The second kappa shape index (κ2) is 8.19. The van der Waals surface area contributed by atoms with Gasteiger partial charge >= 0.3 is 105 Å². The smallest absolute Gasteiger partial charge is 0 e. The zero-order valence-corrected chi connectivity index (χ0v) is 12.9. The van der Waals surface area contributed by atoms with Crippen LogP contribution in [0.1, 0.15) is 12.8 Å². The molecule has 0 aromatic heterocycles. The summed E-state index contributed by atoms with van der Waals surface area (Å²) >= 11 is -4.05. The van der Waals surface area contributed by atoms with Crippen LogP contribution in [0.2, 0.25) is 0 Å². The molecule has 0 amide bonds. The summed E-state index contributed by atoms with van der Waals surface area (Å²) in [7, 11) is -1.95. The predicted octanol–water partition coefficient (Wildman–Crippen LogP) is 0.0108. The Labute approximate surface area is 122 Å². The summed E-state index contributed by atoms with van der Waals surface area (Å²) < 4.78 is 46.4. The van der Waals surface area contributed by atoms with Gasteiger partial charge in [-0.05, 0) is 0 Å². The summed E-state index contributed by atoms with van der Waals surface area (Å²) in [6.07, 6.45) is 4.93. The van der Waals surface area contributed by atoms with E-state index in [0.29, 0.717) is 12.8 Å². The fourth-order valence-corrected chi connectivity index (χ4v) is 3.49. The van der Waals surface area contributed by atoms with Crippen molar-refractivity contribution in [3.8, 4) is 0 Å². The number of rotatable bonds is 7. The van der Waals surface area contributed by atoms with Crippen LogP contribution in [0.15, 0.2) is 12.4 Å². The van der Waals surface area contributed by atoms with Gasteiger partial charge in [0.1, 0.15) is 0 Å². The Hall–Kier alpha value is -0.0461. The Morgan fingerprint density at radius 2 is 1.94 bits per heavy atom. The molecule has 1 heterocycles. The van der Waals surface area contributed by atoms with E-state index in [1.807, 2.05) is 29.2 Å². The molecular formula is C8H15CuN2O5SV. The van der Waals surface area contributed by atoms with Crippen LogP contribution >= 0.6 is 0 Å². The average molecular weight is 366 g/mol. The molecule has 0 aliphatic carbocycles. The normalized spacial score (nSPS) is 14.7. The van der Waals surface area contributed by atoms with Crippen LogP contribution in [0.25, 0.3) is 0 Å². The van der Waals surface area contributed by atoms with E-state index in [1.54, 1.807) is 0 Å².